The third-order valence-corrected chi connectivity index (χ3v) is 1.69. The van der Waals surface area contributed by atoms with Crippen molar-refractivity contribution in [1.82, 2.24) is 9.55 Å². The summed E-state index contributed by atoms with van der Waals surface area (Å²) in [5.74, 6) is -1.24. The standard InChI is InChI=1S/C7H10N2O4/c1-4(10)5(6(11)12)9-3-2-8-7(9)13/h2-5,10H,1H3,(H,8,13)(H,11,12). The van der Waals surface area contributed by atoms with Gasteiger partial charge in [-0.25, -0.2) is 9.59 Å². The molecular weight excluding hydrogens is 176 g/mol. The summed E-state index contributed by atoms with van der Waals surface area (Å²) in [7, 11) is 0. The van der Waals surface area contributed by atoms with Crippen molar-refractivity contribution < 1.29 is 15.0 Å². The first kappa shape index (κ1) is 9.53. The van der Waals surface area contributed by atoms with Gasteiger partial charge >= 0.3 is 11.7 Å². The Morgan fingerprint density at radius 1 is 1.69 bits per heavy atom. The number of hydrogen-bond acceptors (Lipinski definition) is 3. The van der Waals surface area contributed by atoms with Gasteiger partial charge in [0, 0.05) is 12.4 Å². The van der Waals surface area contributed by atoms with Crippen molar-refractivity contribution in [3.63, 3.8) is 0 Å². The minimum atomic E-state index is -1.24. The lowest BCUT2D eigenvalue weighted by Crippen LogP contribution is -2.34. The highest BCUT2D eigenvalue weighted by molar-refractivity contribution is 5.72. The van der Waals surface area contributed by atoms with Crippen LogP contribution < -0.4 is 5.69 Å². The van der Waals surface area contributed by atoms with Gasteiger partial charge in [0.05, 0.1) is 6.10 Å². The second-order valence-corrected chi connectivity index (χ2v) is 2.70. The van der Waals surface area contributed by atoms with E-state index in [0.717, 1.165) is 4.57 Å². The van der Waals surface area contributed by atoms with Crippen LogP contribution in [0.2, 0.25) is 0 Å². The normalized spacial score (nSPS) is 15.2. The molecule has 0 aromatic carbocycles. The van der Waals surface area contributed by atoms with Gasteiger partial charge in [-0.05, 0) is 6.92 Å². The SMILES string of the molecule is CC(O)C(C(=O)O)n1cc[nH]c1=O. The first-order valence-corrected chi connectivity index (χ1v) is 3.70. The molecule has 1 aromatic rings. The third-order valence-electron chi connectivity index (χ3n) is 1.69. The predicted molar refractivity (Wildman–Crippen MR) is 43.4 cm³/mol. The highest BCUT2D eigenvalue weighted by atomic mass is 16.4. The lowest BCUT2D eigenvalue weighted by molar-refractivity contribution is -0.144. The van der Waals surface area contributed by atoms with Crippen LogP contribution in [-0.4, -0.2) is 31.8 Å². The molecule has 13 heavy (non-hydrogen) atoms. The molecule has 1 aromatic heterocycles. The number of aromatic nitrogens is 2. The van der Waals surface area contributed by atoms with E-state index in [1.54, 1.807) is 0 Å². The van der Waals surface area contributed by atoms with Crippen molar-refractivity contribution in [2.75, 3.05) is 0 Å². The summed E-state index contributed by atoms with van der Waals surface area (Å²) < 4.78 is 0.938. The largest absolute Gasteiger partial charge is 0.480 e. The predicted octanol–water partition coefficient (Wildman–Crippen LogP) is -0.817. The second kappa shape index (κ2) is 3.44. The highest BCUT2D eigenvalue weighted by Gasteiger charge is 2.25. The molecule has 0 aliphatic carbocycles. The van der Waals surface area contributed by atoms with Gasteiger partial charge in [0.1, 0.15) is 0 Å². The molecule has 0 spiro atoms. The smallest absolute Gasteiger partial charge is 0.329 e. The number of H-pyrrole nitrogens is 1. The van der Waals surface area contributed by atoms with Gasteiger partial charge in [-0.2, -0.15) is 0 Å². The third kappa shape index (κ3) is 1.78. The Hall–Kier alpha value is -1.56. The van der Waals surface area contributed by atoms with Crippen LogP contribution in [0.1, 0.15) is 13.0 Å². The fourth-order valence-electron chi connectivity index (χ4n) is 1.11. The second-order valence-electron chi connectivity index (χ2n) is 2.70. The molecule has 2 unspecified atom stereocenters. The molecule has 0 bridgehead atoms. The number of nitrogens with one attached hydrogen (secondary N) is 1. The average Bonchev–Trinajstić information content (AvgIpc) is 2.35. The maximum Gasteiger partial charge on any atom is 0.329 e. The Kier molecular flexibility index (Phi) is 2.52. The Labute approximate surface area is 73.4 Å². The summed E-state index contributed by atoms with van der Waals surface area (Å²) in [4.78, 5) is 24.0. The van der Waals surface area contributed by atoms with Crippen LogP contribution in [0, 0.1) is 0 Å². The Morgan fingerprint density at radius 3 is 2.62 bits per heavy atom. The van der Waals surface area contributed by atoms with Gasteiger partial charge in [-0.3, -0.25) is 4.57 Å². The lowest BCUT2D eigenvalue weighted by atomic mass is 10.2. The molecule has 3 N–H and O–H groups in total. The number of aromatic amines is 1. The molecular formula is C7H10N2O4. The molecule has 0 saturated heterocycles. The molecule has 0 aliphatic heterocycles. The van der Waals surface area contributed by atoms with Crippen LogP contribution in [0.4, 0.5) is 0 Å². The molecule has 0 saturated carbocycles. The molecule has 72 valence electrons. The monoisotopic (exact) mass is 186 g/mol. The Bertz CT molecular complexity index is 351. The summed E-state index contributed by atoms with van der Waals surface area (Å²) in [5, 5.41) is 17.8. The van der Waals surface area contributed by atoms with Crippen molar-refractivity contribution in [1.29, 1.82) is 0 Å². The summed E-state index contributed by atoms with van der Waals surface area (Å²) in [6.07, 6.45) is 1.49. The van der Waals surface area contributed by atoms with E-state index >= 15 is 0 Å². The summed E-state index contributed by atoms with van der Waals surface area (Å²) >= 11 is 0. The Balaban J connectivity index is 3.10. The molecule has 1 heterocycles. The van der Waals surface area contributed by atoms with Crippen LogP contribution in [0.15, 0.2) is 17.2 Å². The van der Waals surface area contributed by atoms with Gasteiger partial charge < -0.3 is 15.2 Å². The minimum Gasteiger partial charge on any atom is -0.480 e. The number of aliphatic hydroxyl groups excluding tert-OH is 1. The number of rotatable bonds is 3. The topological polar surface area (TPSA) is 95.3 Å². The zero-order valence-electron chi connectivity index (χ0n) is 6.97. The maximum atomic E-state index is 11.0. The van der Waals surface area contributed by atoms with E-state index in [-0.39, 0.29) is 0 Å². The lowest BCUT2D eigenvalue weighted by Gasteiger charge is -2.15. The quantitative estimate of drug-likeness (QED) is 0.574. The Morgan fingerprint density at radius 2 is 2.31 bits per heavy atom. The zero-order valence-corrected chi connectivity index (χ0v) is 6.97. The van der Waals surface area contributed by atoms with Crippen LogP contribution in [0.25, 0.3) is 0 Å². The fourth-order valence-corrected chi connectivity index (χ4v) is 1.11. The number of nitrogens with zero attached hydrogens (tertiary/aromatic N) is 1. The summed E-state index contributed by atoms with van der Waals surface area (Å²) in [5.41, 5.74) is -0.548. The van der Waals surface area contributed by atoms with Crippen LogP contribution in [0.5, 0.6) is 0 Å². The van der Waals surface area contributed by atoms with Crippen molar-refractivity contribution in [2.45, 2.75) is 19.1 Å². The van der Waals surface area contributed by atoms with Crippen LogP contribution in [-0.2, 0) is 4.79 Å². The fraction of sp³-hybridized carbons (Fsp3) is 0.429. The number of carbonyl (C=O) groups is 1. The van der Waals surface area contributed by atoms with Crippen molar-refractivity contribution in [3.05, 3.63) is 22.9 Å². The molecule has 2 atom stereocenters. The number of hydrogen-bond donors (Lipinski definition) is 3. The van der Waals surface area contributed by atoms with Gasteiger partial charge in [-0.15, -0.1) is 0 Å². The molecule has 0 radical (unpaired) electrons. The van der Waals surface area contributed by atoms with E-state index in [9.17, 15) is 9.59 Å². The maximum absolute atomic E-state index is 11.0. The van der Waals surface area contributed by atoms with Crippen molar-refractivity contribution >= 4 is 5.97 Å². The molecule has 0 fully saturated rings. The van der Waals surface area contributed by atoms with E-state index in [1.807, 2.05) is 0 Å². The number of carboxylic acid groups (broad SMARTS) is 1. The van der Waals surface area contributed by atoms with E-state index in [1.165, 1.54) is 19.3 Å². The highest BCUT2D eigenvalue weighted by Crippen LogP contribution is 2.08. The van der Waals surface area contributed by atoms with E-state index < -0.39 is 23.8 Å². The first-order chi connectivity index (χ1) is 6.04. The number of imidazole rings is 1. The summed E-state index contributed by atoms with van der Waals surface area (Å²) in [6.45, 7) is 1.32. The van der Waals surface area contributed by atoms with Gasteiger partial charge in [0.15, 0.2) is 6.04 Å². The number of aliphatic hydroxyl groups is 1. The van der Waals surface area contributed by atoms with Crippen molar-refractivity contribution in [2.24, 2.45) is 0 Å². The van der Waals surface area contributed by atoms with E-state index in [4.69, 9.17) is 10.2 Å². The van der Waals surface area contributed by atoms with Crippen LogP contribution in [0.3, 0.4) is 0 Å². The molecule has 0 amide bonds. The zero-order chi connectivity index (χ0) is 10.0. The van der Waals surface area contributed by atoms with E-state index in [0.29, 0.717) is 0 Å². The van der Waals surface area contributed by atoms with Crippen molar-refractivity contribution in [3.8, 4) is 0 Å². The number of carboxylic acids is 1. The molecule has 6 heteroatoms. The van der Waals surface area contributed by atoms with Gasteiger partial charge in [-0.1, -0.05) is 0 Å². The summed E-state index contributed by atoms with van der Waals surface area (Å²) in [6, 6.07) is -1.24. The minimum absolute atomic E-state index is 0.548. The number of aliphatic carboxylic acids is 1. The molecule has 6 nitrogen and oxygen atoms in total. The molecule has 0 aliphatic rings. The molecule has 1 rings (SSSR count). The average molecular weight is 186 g/mol. The first-order valence-electron chi connectivity index (χ1n) is 3.70. The van der Waals surface area contributed by atoms with Gasteiger partial charge in [0.25, 0.3) is 0 Å². The van der Waals surface area contributed by atoms with E-state index in [2.05, 4.69) is 4.98 Å². The van der Waals surface area contributed by atoms with Crippen LogP contribution >= 0.6 is 0 Å². The van der Waals surface area contributed by atoms with Gasteiger partial charge in [0.2, 0.25) is 0 Å².